The molecule has 1 aromatic carbocycles. The van der Waals surface area contributed by atoms with E-state index in [2.05, 4.69) is 17.1 Å². The number of hydrogen-bond donors (Lipinski definition) is 3. The minimum absolute atomic E-state index is 0.350. The van der Waals surface area contributed by atoms with E-state index >= 15 is 0 Å². The summed E-state index contributed by atoms with van der Waals surface area (Å²) in [5.41, 5.74) is 6.62. The average molecular weight is 293 g/mol. The normalized spacial score (nSPS) is 11.7. The van der Waals surface area contributed by atoms with Crippen LogP contribution in [0.1, 0.15) is 19.8 Å². The molecule has 0 saturated heterocycles. The third kappa shape index (κ3) is 6.27. The summed E-state index contributed by atoms with van der Waals surface area (Å²) in [6.45, 7) is 4.26. The van der Waals surface area contributed by atoms with Gasteiger partial charge in [0.05, 0.1) is 12.5 Å². The molecular formula is C15H23N3O3. The smallest absolute Gasteiger partial charge is 0.305 e. The van der Waals surface area contributed by atoms with Gasteiger partial charge in [0.2, 0.25) is 5.91 Å². The Balaban J connectivity index is 2.29. The Morgan fingerprint density at radius 2 is 2.00 bits per heavy atom. The first-order valence-electron chi connectivity index (χ1n) is 7.09. The highest BCUT2D eigenvalue weighted by atomic mass is 16.4. The lowest BCUT2D eigenvalue weighted by Gasteiger charge is -2.23. The van der Waals surface area contributed by atoms with Crippen molar-refractivity contribution in [3.8, 4) is 0 Å². The van der Waals surface area contributed by atoms with Gasteiger partial charge in [0.15, 0.2) is 0 Å². The molecule has 0 aromatic heterocycles. The van der Waals surface area contributed by atoms with Crippen molar-refractivity contribution in [2.45, 2.75) is 25.8 Å². The van der Waals surface area contributed by atoms with Crippen molar-refractivity contribution in [1.82, 2.24) is 5.32 Å². The molecule has 1 unspecified atom stereocenters. The SMILES string of the molecule is CCN(CCCNC(=O)C(N)CC(=O)O)c1ccccc1. The second kappa shape index (κ2) is 8.97. The van der Waals surface area contributed by atoms with Gasteiger partial charge in [-0.3, -0.25) is 9.59 Å². The predicted octanol–water partition coefficient (Wildman–Crippen LogP) is 0.821. The molecule has 1 amide bonds. The number of carbonyl (C=O) groups excluding carboxylic acids is 1. The maximum atomic E-state index is 11.5. The van der Waals surface area contributed by atoms with Crippen molar-refractivity contribution in [3.63, 3.8) is 0 Å². The first-order valence-corrected chi connectivity index (χ1v) is 7.09. The third-order valence-corrected chi connectivity index (χ3v) is 3.14. The highest BCUT2D eigenvalue weighted by Gasteiger charge is 2.16. The van der Waals surface area contributed by atoms with E-state index in [1.165, 1.54) is 0 Å². The lowest BCUT2D eigenvalue weighted by molar-refractivity contribution is -0.139. The van der Waals surface area contributed by atoms with Crippen LogP contribution in [0.4, 0.5) is 5.69 Å². The van der Waals surface area contributed by atoms with Crippen LogP contribution in [-0.4, -0.2) is 42.7 Å². The Labute approximate surface area is 124 Å². The number of nitrogens with one attached hydrogen (secondary N) is 1. The fourth-order valence-corrected chi connectivity index (χ4v) is 2.00. The summed E-state index contributed by atoms with van der Waals surface area (Å²) in [7, 11) is 0. The van der Waals surface area contributed by atoms with Crippen molar-refractivity contribution in [3.05, 3.63) is 30.3 Å². The maximum Gasteiger partial charge on any atom is 0.305 e. The van der Waals surface area contributed by atoms with Crippen molar-refractivity contribution in [1.29, 1.82) is 0 Å². The predicted molar refractivity (Wildman–Crippen MR) is 82.2 cm³/mol. The summed E-state index contributed by atoms with van der Waals surface area (Å²) >= 11 is 0. The second-order valence-electron chi connectivity index (χ2n) is 4.76. The Kier molecular flexibility index (Phi) is 7.25. The highest BCUT2D eigenvalue weighted by molar-refractivity contribution is 5.85. The number of amides is 1. The lowest BCUT2D eigenvalue weighted by atomic mass is 10.2. The van der Waals surface area contributed by atoms with Gasteiger partial charge in [0.1, 0.15) is 0 Å². The van der Waals surface area contributed by atoms with Crippen LogP contribution in [0, 0.1) is 0 Å². The number of rotatable bonds is 9. The number of benzene rings is 1. The molecule has 1 atom stereocenters. The second-order valence-corrected chi connectivity index (χ2v) is 4.76. The lowest BCUT2D eigenvalue weighted by Crippen LogP contribution is -2.42. The molecule has 0 saturated carbocycles. The van der Waals surface area contributed by atoms with Gasteiger partial charge in [-0.2, -0.15) is 0 Å². The first-order chi connectivity index (χ1) is 10.0. The van der Waals surface area contributed by atoms with E-state index < -0.39 is 17.9 Å². The van der Waals surface area contributed by atoms with Crippen LogP contribution in [0.3, 0.4) is 0 Å². The van der Waals surface area contributed by atoms with E-state index in [0.29, 0.717) is 6.54 Å². The molecule has 6 heteroatoms. The third-order valence-electron chi connectivity index (χ3n) is 3.14. The topological polar surface area (TPSA) is 95.7 Å². The molecule has 21 heavy (non-hydrogen) atoms. The largest absolute Gasteiger partial charge is 0.481 e. The van der Waals surface area contributed by atoms with Crippen LogP contribution in [0.2, 0.25) is 0 Å². The zero-order valence-corrected chi connectivity index (χ0v) is 12.3. The number of para-hydroxylation sites is 1. The summed E-state index contributed by atoms with van der Waals surface area (Å²) in [6, 6.07) is 9.06. The zero-order valence-electron chi connectivity index (χ0n) is 12.3. The van der Waals surface area contributed by atoms with Gasteiger partial charge in [-0.25, -0.2) is 0 Å². The fraction of sp³-hybridized carbons (Fsp3) is 0.467. The molecule has 0 aliphatic heterocycles. The summed E-state index contributed by atoms with van der Waals surface area (Å²) in [5.74, 6) is -1.49. The van der Waals surface area contributed by atoms with E-state index in [9.17, 15) is 9.59 Å². The summed E-state index contributed by atoms with van der Waals surface area (Å²) in [5, 5.41) is 11.2. The van der Waals surface area contributed by atoms with E-state index in [0.717, 1.165) is 25.2 Å². The number of carboxylic acid groups (broad SMARTS) is 1. The number of anilines is 1. The van der Waals surface area contributed by atoms with Crippen molar-refractivity contribution in [2.75, 3.05) is 24.5 Å². The maximum absolute atomic E-state index is 11.5. The molecule has 0 aliphatic rings. The molecule has 0 aliphatic carbocycles. The molecule has 0 fully saturated rings. The molecule has 0 bridgehead atoms. The molecular weight excluding hydrogens is 270 g/mol. The van der Waals surface area contributed by atoms with Gasteiger partial charge >= 0.3 is 5.97 Å². The van der Waals surface area contributed by atoms with Crippen LogP contribution in [-0.2, 0) is 9.59 Å². The fourth-order valence-electron chi connectivity index (χ4n) is 2.00. The number of carbonyl (C=O) groups is 2. The Morgan fingerprint density at radius 3 is 2.57 bits per heavy atom. The van der Waals surface area contributed by atoms with E-state index in [-0.39, 0.29) is 6.42 Å². The quantitative estimate of drug-likeness (QED) is 0.586. The zero-order chi connectivity index (χ0) is 15.7. The number of nitrogens with zero attached hydrogens (tertiary/aromatic N) is 1. The van der Waals surface area contributed by atoms with Crippen LogP contribution in [0.5, 0.6) is 0 Å². The van der Waals surface area contributed by atoms with Crippen LogP contribution < -0.4 is 16.0 Å². The van der Waals surface area contributed by atoms with Gasteiger partial charge in [0, 0.05) is 25.3 Å². The average Bonchev–Trinajstić information content (AvgIpc) is 2.47. The first kappa shape index (κ1) is 17.0. The monoisotopic (exact) mass is 293 g/mol. The number of nitrogens with two attached hydrogens (primary N) is 1. The molecule has 0 radical (unpaired) electrons. The van der Waals surface area contributed by atoms with Crippen molar-refractivity contribution in [2.24, 2.45) is 5.73 Å². The number of carboxylic acids is 1. The van der Waals surface area contributed by atoms with Gasteiger partial charge in [-0.05, 0) is 25.5 Å². The molecule has 0 heterocycles. The van der Waals surface area contributed by atoms with Crippen molar-refractivity contribution >= 4 is 17.6 Å². The minimum atomic E-state index is -1.07. The molecule has 4 N–H and O–H groups in total. The van der Waals surface area contributed by atoms with E-state index in [1.54, 1.807) is 0 Å². The van der Waals surface area contributed by atoms with Gasteiger partial charge in [0.25, 0.3) is 0 Å². The molecule has 1 aromatic rings. The highest BCUT2D eigenvalue weighted by Crippen LogP contribution is 2.12. The van der Waals surface area contributed by atoms with Crippen molar-refractivity contribution < 1.29 is 14.7 Å². The molecule has 6 nitrogen and oxygen atoms in total. The standard InChI is InChI=1S/C15H23N3O3/c1-2-18(12-7-4-3-5-8-12)10-6-9-17-15(21)13(16)11-14(19)20/h3-5,7-8,13H,2,6,9-11,16H2,1H3,(H,17,21)(H,19,20). The number of hydrogen-bond acceptors (Lipinski definition) is 4. The molecule has 1 rings (SSSR count). The Bertz CT molecular complexity index is 451. The van der Waals surface area contributed by atoms with E-state index in [1.807, 2.05) is 30.3 Å². The summed E-state index contributed by atoms with van der Waals surface area (Å²) in [6.07, 6.45) is 0.422. The Morgan fingerprint density at radius 1 is 1.33 bits per heavy atom. The Hall–Kier alpha value is -2.08. The number of aliphatic carboxylic acids is 1. The molecule has 116 valence electrons. The van der Waals surface area contributed by atoms with Gasteiger partial charge < -0.3 is 21.1 Å². The van der Waals surface area contributed by atoms with E-state index in [4.69, 9.17) is 10.8 Å². The molecule has 0 spiro atoms. The summed E-state index contributed by atoms with van der Waals surface area (Å²) in [4.78, 5) is 24.2. The van der Waals surface area contributed by atoms with Crippen LogP contribution in [0.25, 0.3) is 0 Å². The van der Waals surface area contributed by atoms with Gasteiger partial charge in [-0.1, -0.05) is 18.2 Å². The summed E-state index contributed by atoms with van der Waals surface area (Å²) < 4.78 is 0. The minimum Gasteiger partial charge on any atom is -0.481 e. The van der Waals surface area contributed by atoms with Gasteiger partial charge in [-0.15, -0.1) is 0 Å². The van der Waals surface area contributed by atoms with Crippen LogP contribution >= 0.6 is 0 Å². The van der Waals surface area contributed by atoms with Crippen LogP contribution in [0.15, 0.2) is 30.3 Å².